The van der Waals surface area contributed by atoms with Gasteiger partial charge >= 0.3 is 0 Å². The Labute approximate surface area is 204 Å². The molecule has 178 valence electrons. The fourth-order valence-electron chi connectivity index (χ4n) is 4.05. The minimum Gasteiger partial charge on any atom is -0.497 e. The average Bonchev–Trinajstić information content (AvgIpc) is 3.34. The van der Waals surface area contributed by atoms with Gasteiger partial charge in [0.25, 0.3) is 5.91 Å². The van der Waals surface area contributed by atoms with E-state index in [1.165, 1.54) is 5.56 Å². The highest BCUT2D eigenvalue weighted by atomic mass is 79.9. The molecule has 7 heteroatoms. The lowest BCUT2D eigenvalue weighted by Crippen LogP contribution is -2.50. The van der Waals surface area contributed by atoms with Crippen LogP contribution in [0.25, 0.3) is 0 Å². The number of amides is 2. The van der Waals surface area contributed by atoms with Gasteiger partial charge in [0.2, 0.25) is 5.91 Å². The zero-order chi connectivity index (χ0) is 23.8. The maximum Gasteiger partial charge on any atom is 0.261 e. The first kappa shape index (κ1) is 25.1. The second-order valence-electron chi connectivity index (χ2n) is 8.45. The zero-order valence-corrected chi connectivity index (χ0v) is 21.2. The van der Waals surface area contributed by atoms with Gasteiger partial charge in [-0.2, -0.15) is 0 Å². The van der Waals surface area contributed by atoms with E-state index in [9.17, 15) is 9.59 Å². The summed E-state index contributed by atoms with van der Waals surface area (Å²) in [5.74, 6) is 0.925. The van der Waals surface area contributed by atoms with Gasteiger partial charge in [0, 0.05) is 12.6 Å². The molecule has 0 aromatic heterocycles. The number of hydrogen-bond acceptors (Lipinski definition) is 4. The molecule has 2 aromatic rings. The van der Waals surface area contributed by atoms with Crippen LogP contribution in [0.3, 0.4) is 0 Å². The Balaban J connectivity index is 1.74. The van der Waals surface area contributed by atoms with E-state index in [0.717, 1.165) is 42.1 Å². The summed E-state index contributed by atoms with van der Waals surface area (Å²) in [6.45, 7) is 3.98. The van der Waals surface area contributed by atoms with Crippen LogP contribution in [0.5, 0.6) is 11.5 Å². The minimum atomic E-state index is -0.626. The fraction of sp³-hybridized carbons (Fsp3) is 0.462. The number of ether oxygens (including phenoxy) is 2. The quantitative estimate of drug-likeness (QED) is 0.488. The van der Waals surface area contributed by atoms with Crippen molar-refractivity contribution in [2.45, 2.75) is 64.6 Å². The van der Waals surface area contributed by atoms with Crippen LogP contribution < -0.4 is 14.8 Å². The van der Waals surface area contributed by atoms with Gasteiger partial charge in [-0.05, 0) is 77.5 Å². The summed E-state index contributed by atoms with van der Waals surface area (Å²) in [5.41, 5.74) is 2.06. The number of carbonyl (C=O) groups excluding carboxylic acids is 2. The van der Waals surface area contributed by atoms with Gasteiger partial charge in [-0.15, -0.1) is 0 Å². The van der Waals surface area contributed by atoms with Crippen molar-refractivity contribution in [2.24, 2.45) is 0 Å². The van der Waals surface area contributed by atoms with E-state index in [0.29, 0.717) is 11.5 Å². The highest BCUT2D eigenvalue weighted by Gasteiger charge is 2.29. The summed E-state index contributed by atoms with van der Waals surface area (Å²) in [6, 6.07) is 12.9. The largest absolute Gasteiger partial charge is 0.497 e. The molecule has 0 unspecified atom stereocenters. The summed E-state index contributed by atoms with van der Waals surface area (Å²) in [6.07, 6.45) is 5.16. The van der Waals surface area contributed by atoms with Crippen molar-refractivity contribution < 1.29 is 19.1 Å². The predicted molar refractivity (Wildman–Crippen MR) is 132 cm³/mol. The molecule has 33 heavy (non-hydrogen) atoms. The number of nitrogens with zero attached hydrogens (tertiary/aromatic N) is 1. The minimum absolute atomic E-state index is 0.133. The summed E-state index contributed by atoms with van der Waals surface area (Å²) in [5, 5.41) is 3.11. The van der Waals surface area contributed by atoms with Crippen molar-refractivity contribution in [3.05, 3.63) is 58.1 Å². The molecule has 0 heterocycles. The fourth-order valence-corrected chi connectivity index (χ4v) is 4.59. The van der Waals surface area contributed by atoms with E-state index in [2.05, 4.69) is 28.2 Å². The molecule has 3 rings (SSSR count). The first-order valence-electron chi connectivity index (χ1n) is 11.5. The van der Waals surface area contributed by atoms with Crippen LogP contribution in [-0.2, 0) is 22.6 Å². The van der Waals surface area contributed by atoms with Crippen LogP contribution in [0.2, 0.25) is 0 Å². The number of carbonyl (C=O) groups is 2. The van der Waals surface area contributed by atoms with Crippen molar-refractivity contribution in [1.29, 1.82) is 0 Å². The van der Waals surface area contributed by atoms with Crippen molar-refractivity contribution in [3.63, 3.8) is 0 Å². The summed E-state index contributed by atoms with van der Waals surface area (Å²) in [7, 11) is 1.61. The van der Waals surface area contributed by atoms with Gasteiger partial charge < -0.3 is 19.7 Å². The molecule has 0 spiro atoms. The Morgan fingerprint density at radius 1 is 1.15 bits per heavy atom. The first-order chi connectivity index (χ1) is 15.9. The zero-order valence-electron chi connectivity index (χ0n) is 19.6. The number of nitrogens with one attached hydrogen (secondary N) is 1. The molecule has 6 nitrogen and oxygen atoms in total. The number of aryl methyl sites for hydroxylation is 1. The van der Waals surface area contributed by atoms with Crippen LogP contribution in [0.15, 0.2) is 46.9 Å². The molecule has 1 saturated carbocycles. The topological polar surface area (TPSA) is 67.9 Å². The molecule has 0 saturated heterocycles. The molecular weight excluding hydrogens is 484 g/mol. The Morgan fingerprint density at radius 3 is 2.58 bits per heavy atom. The van der Waals surface area contributed by atoms with Gasteiger partial charge in [0.1, 0.15) is 17.5 Å². The molecule has 0 radical (unpaired) electrons. The number of rotatable bonds is 10. The van der Waals surface area contributed by atoms with Crippen molar-refractivity contribution in [1.82, 2.24) is 10.2 Å². The van der Waals surface area contributed by atoms with E-state index >= 15 is 0 Å². The SMILES string of the molecule is CCc1ccc(OCC(=O)N(Cc2cccc(OC)c2)[C@@H](C)C(=O)NC2CCCC2)c(Br)c1. The monoisotopic (exact) mass is 516 g/mol. The highest BCUT2D eigenvalue weighted by Crippen LogP contribution is 2.26. The Kier molecular flexibility index (Phi) is 9.18. The predicted octanol–water partition coefficient (Wildman–Crippen LogP) is 4.88. The summed E-state index contributed by atoms with van der Waals surface area (Å²) < 4.78 is 12.0. The Hall–Kier alpha value is -2.54. The average molecular weight is 517 g/mol. The van der Waals surface area contributed by atoms with Crippen LogP contribution in [0.4, 0.5) is 0 Å². The standard InChI is InChI=1S/C26H33BrN2O4/c1-4-19-12-13-24(23(27)15-19)33-17-25(30)29(16-20-8-7-11-22(14-20)32-3)18(2)26(31)28-21-9-5-6-10-21/h7-8,11-15,18,21H,4-6,9-10,16-17H2,1-3H3,(H,28,31)/t18-/m0/s1. The molecule has 0 aliphatic heterocycles. The van der Waals surface area contributed by atoms with Gasteiger partial charge in [-0.25, -0.2) is 0 Å². The smallest absolute Gasteiger partial charge is 0.261 e. The second kappa shape index (κ2) is 12.1. The molecule has 2 aromatic carbocycles. The van der Waals surface area contributed by atoms with E-state index < -0.39 is 6.04 Å². The highest BCUT2D eigenvalue weighted by molar-refractivity contribution is 9.10. The van der Waals surface area contributed by atoms with Gasteiger partial charge in [0.05, 0.1) is 11.6 Å². The molecule has 2 amide bonds. The maximum atomic E-state index is 13.3. The number of hydrogen-bond donors (Lipinski definition) is 1. The Bertz CT molecular complexity index is 959. The van der Waals surface area contributed by atoms with E-state index in [-0.39, 0.29) is 31.0 Å². The number of halogens is 1. The molecule has 1 N–H and O–H groups in total. The third-order valence-electron chi connectivity index (χ3n) is 6.11. The van der Waals surface area contributed by atoms with E-state index in [1.807, 2.05) is 42.5 Å². The molecule has 1 fully saturated rings. The maximum absolute atomic E-state index is 13.3. The number of methoxy groups -OCH3 is 1. The van der Waals surface area contributed by atoms with E-state index in [1.54, 1.807) is 18.9 Å². The van der Waals surface area contributed by atoms with Gasteiger partial charge in [-0.3, -0.25) is 9.59 Å². The van der Waals surface area contributed by atoms with Crippen LogP contribution in [0, 0.1) is 0 Å². The lowest BCUT2D eigenvalue weighted by molar-refractivity contribution is -0.142. The first-order valence-corrected chi connectivity index (χ1v) is 12.3. The molecule has 1 aliphatic rings. The molecule has 1 atom stereocenters. The van der Waals surface area contributed by atoms with Gasteiger partial charge in [0.15, 0.2) is 6.61 Å². The van der Waals surface area contributed by atoms with Crippen molar-refractivity contribution in [2.75, 3.05) is 13.7 Å². The third-order valence-corrected chi connectivity index (χ3v) is 6.73. The lowest BCUT2D eigenvalue weighted by Gasteiger charge is -2.30. The second-order valence-corrected chi connectivity index (χ2v) is 9.30. The summed E-state index contributed by atoms with van der Waals surface area (Å²) in [4.78, 5) is 27.8. The molecule has 0 bridgehead atoms. The summed E-state index contributed by atoms with van der Waals surface area (Å²) >= 11 is 3.52. The normalized spacial score (nSPS) is 14.5. The van der Waals surface area contributed by atoms with Crippen LogP contribution >= 0.6 is 15.9 Å². The molecule has 1 aliphatic carbocycles. The third kappa shape index (κ3) is 6.97. The van der Waals surface area contributed by atoms with Gasteiger partial charge in [-0.1, -0.05) is 38.0 Å². The lowest BCUT2D eigenvalue weighted by atomic mass is 10.1. The van der Waals surface area contributed by atoms with Crippen molar-refractivity contribution >= 4 is 27.7 Å². The van der Waals surface area contributed by atoms with E-state index in [4.69, 9.17) is 9.47 Å². The van der Waals surface area contributed by atoms with Crippen LogP contribution in [-0.4, -0.2) is 42.5 Å². The van der Waals surface area contributed by atoms with Crippen LogP contribution in [0.1, 0.15) is 50.7 Å². The Morgan fingerprint density at radius 2 is 1.91 bits per heavy atom. The number of benzene rings is 2. The molecular formula is C26H33BrN2O4. The van der Waals surface area contributed by atoms with Crippen molar-refractivity contribution in [3.8, 4) is 11.5 Å².